The van der Waals surface area contributed by atoms with Crippen LogP contribution >= 0.6 is 24.0 Å². The topological polar surface area (TPSA) is 40.1 Å². The molecule has 0 amide bonds. The van der Waals surface area contributed by atoms with Gasteiger partial charge in [0.25, 0.3) is 0 Å². The van der Waals surface area contributed by atoms with Gasteiger partial charge in [0.15, 0.2) is 5.96 Å². The second-order valence-corrected chi connectivity index (χ2v) is 6.45. The third kappa shape index (κ3) is 6.41. The van der Waals surface area contributed by atoms with E-state index in [2.05, 4.69) is 10.3 Å². The van der Waals surface area contributed by atoms with Crippen LogP contribution in [0.3, 0.4) is 0 Å². The molecule has 2 rings (SSSR count). The van der Waals surface area contributed by atoms with Gasteiger partial charge < -0.3 is 15.0 Å². The van der Waals surface area contributed by atoms with E-state index < -0.39 is 12.2 Å². The monoisotopic (exact) mass is 500 g/mol. The zero-order chi connectivity index (χ0) is 19.3. The minimum atomic E-state index is -4.19. The van der Waals surface area contributed by atoms with Gasteiger partial charge in [0.1, 0.15) is 11.8 Å². The van der Waals surface area contributed by atoms with Crippen molar-refractivity contribution in [3.63, 3.8) is 0 Å². The van der Waals surface area contributed by atoms with Crippen molar-refractivity contribution < 1.29 is 17.9 Å². The summed E-state index contributed by atoms with van der Waals surface area (Å²) in [6.45, 7) is 5.55. The van der Waals surface area contributed by atoms with E-state index >= 15 is 0 Å². The molecule has 0 spiro atoms. The molecule has 27 heavy (non-hydrogen) atoms. The Balaban J connectivity index is 0.00000364. The summed E-state index contributed by atoms with van der Waals surface area (Å²) in [7, 11) is 3.33. The molecule has 1 aromatic rings. The van der Waals surface area contributed by atoms with Crippen molar-refractivity contribution >= 4 is 29.9 Å². The maximum absolute atomic E-state index is 12.9. The zero-order valence-electron chi connectivity index (χ0n) is 16.1. The van der Waals surface area contributed by atoms with Crippen molar-refractivity contribution in [3.05, 3.63) is 29.3 Å². The standard InChI is InChI=1S/C18H27F3N4O.HI/c1-13-11-15(5-6-16(13)26-4)12-23-17(22-3)25-9-7-24(8-10-25)14(2)18(19,20)21;/h5-6,11,14H,7-10,12H2,1-4H3,(H,22,23);1H. The fourth-order valence-corrected chi connectivity index (χ4v) is 3.09. The number of hydrogen-bond donors (Lipinski definition) is 1. The summed E-state index contributed by atoms with van der Waals surface area (Å²) in [4.78, 5) is 7.73. The Hall–Kier alpha value is -1.23. The van der Waals surface area contributed by atoms with Gasteiger partial charge in [-0.1, -0.05) is 12.1 Å². The fourth-order valence-electron chi connectivity index (χ4n) is 3.09. The number of nitrogens with one attached hydrogen (secondary N) is 1. The Bertz CT molecular complexity index is 632. The van der Waals surface area contributed by atoms with E-state index in [0.717, 1.165) is 16.9 Å². The Labute approximate surface area is 176 Å². The minimum Gasteiger partial charge on any atom is -0.496 e. The number of halogens is 4. The van der Waals surface area contributed by atoms with Crippen LogP contribution in [0.4, 0.5) is 13.2 Å². The average Bonchev–Trinajstić information content (AvgIpc) is 2.61. The van der Waals surface area contributed by atoms with Crippen molar-refractivity contribution in [2.24, 2.45) is 4.99 Å². The maximum atomic E-state index is 12.9. The van der Waals surface area contributed by atoms with E-state index in [4.69, 9.17) is 4.74 Å². The molecule has 0 aliphatic carbocycles. The molecule has 1 heterocycles. The highest BCUT2D eigenvalue weighted by Crippen LogP contribution is 2.25. The molecule has 154 valence electrons. The molecule has 1 N–H and O–H groups in total. The normalized spacial score (nSPS) is 17.3. The highest BCUT2D eigenvalue weighted by Gasteiger charge is 2.41. The van der Waals surface area contributed by atoms with Crippen LogP contribution in [0.1, 0.15) is 18.1 Å². The predicted octanol–water partition coefficient (Wildman–Crippen LogP) is 3.27. The molecule has 1 aromatic carbocycles. The molecule has 5 nitrogen and oxygen atoms in total. The van der Waals surface area contributed by atoms with Gasteiger partial charge in [-0.05, 0) is 31.0 Å². The number of alkyl halides is 3. The number of aryl methyl sites for hydroxylation is 1. The van der Waals surface area contributed by atoms with Crippen LogP contribution in [0.15, 0.2) is 23.2 Å². The number of rotatable bonds is 4. The van der Waals surface area contributed by atoms with E-state index in [1.165, 1.54) is 11.8 Å². The quantitative estimate of drug-likeness (QED) is 0.392. The summed E-state index contributed by atoms with van der Waals surface area (Å²) in [5.41, 5.74) is 2.14. The predicted molar refractivity (Wildman–Crippen MR) is 112 cm³/mol. The molecule has 1 aliphatic heterocycles. The highest BCUT2D eigenvalue weighted by molar-refractivity contribution is 14.0. The molecule has 1 aliphatic rings. The Morgan fingerprint density at radius 1 is 1.26 bits per heavy atom. The summed E-state index contributed by atoms with van der Waals surface area (Å²) in [5.74, 6) is 1.55. The lowest BCUT2D eigenvalue weighted by Gasteiger charge is -2.39. The second kappa shape index (κ2) is 10.4. The van der Waals surface area contributed by atoms with Gasteiger partial charge in [-0.2, -0.15) is 13.2 Å². The first-order chi connectivity index (χ1) is 12.3. The average molecular weight is 500 g/mol. The molecule has 0 bridgehead atoms. The minimum absolute atomic E-state index is 0. The fraction of sp³-hybridized carbons (Fsp3) is 0.611. The van der Waals surface area contributed by atoms with Gasteiger partial charge in [-0.15, -0.1) is 24.0 Å². The van der Waals surface area contributed by atoms with Crippen LogP contribution in [0.25, 0.3) is 0 Å². The van der Waals surface area contributed by atoms with Gasteiger partial charge in [-0.25, -0.2) is 0 Å². The highest BCUT2D eigenvalue weighted by atomic mass is 127. The molecule has 1 fully saturated rings. The third-order valence-corrected chi connectivity index (χ3v) is 4.76. The van der Waals surface area contributed by atoms with Crippen LogP contribution in [-0.2, 0) is 6.54 Å². The molecule has 1 saturated heterocycles. The van der Waals surface area contributed by atoms with Gasteiger partial charge in [0, 0.05) is 39.8 Å². The second-order valence-electron chi connectivity index (χ2n) is 6.45. The molecule has 0 radical (unpaired) electrons. The zero-order valence-corrected chi connectivity index (χ0v) is 18.5. The van der Waals surface area contributed by atoms with Crippen molar-refractivity contribution in [1.29, 1.82) is 0 Å². The van der Waals surface area contributed by atoms with Gasteiger partial charge in [0.2, 0.25) is 0 Å². The van der Waals surface area contributed by atoms with Crippen molar-refractivity contribution in [2.75, 3.05) is 40.3 Å². The first-order valence-electron chi connectivity index (χ1n) is 8.66. The summed E-state index contributed by atoms with van der Waals surface area (Å²) in [6, 6.07) is 4.53. The number of hydrogen-bond acceptors (Lipinski definition) is 3. The summed E-state index contributed by atoms with van der Waals surface area (Å²) < 4.78 is 43.8. The molecule has 1 unspecified atom stereocenters. The van der Waals surface area contributed by atoms with Crippen LogP contribution in [0.2, 0.25) is 0 Å². The van der Waals surface area contributed by atoms with E-state index in [9.17, 15) is 13.2 Å². The van der Waals surface area contributed by atoms with Crippen LogP contribution in [0, 0.1) is 6.92 Å². The van der Waals surface area contributed by atoms with E-state index in [0.29, 0.717) is 38.7 Å². The van der Waals surface area contributed by atoms with Crippen molar-refractivity contribution in [3.8, 4) is 5.75 Å². The lowest BCUT2D eigenvalue weighted by Crippen LogP contribution is -2.56. The molecule has 1 atom stereocenters. The van der Waals surface area contributed by atoms with Gasteiger partial charge in [0.05, 0.1) is 7.11 Å². The summed E-state index contributed by atoms with van der Waals surface area (Å²) in [6.07, 6.45) is -4.19. The summed E-state index contributed by atoms with van der Waals surface area (Å²) >= 11 is 0. The molecular formula is C18H28F3IN4O. The Morgan fingerprint density at radius 2 is 1.89 bits per heavy atom. The number of piperazine rings is 1. The van der Waals surface area contributed by atoms with E-state index in [1.54, 1.807) is 14.2 Å². The number of aliphatic imine (C=N–C) groups is 1. The SMILES string of the molecule is CN=C(NCc1ccc(OC)c(C)c1)N1CCN(C(C)C(F)(F)F)CC1.I. The maximum Gasteiger partial charge on any atom is 0.403 e. The van der Waals surface area contributed by atoms with Crippen LogP contribution < -0.4 is 10.1 Å². The number of nitrogens with zero attached hydrogens (tertiary/aromatic N) is 3. The molecule has 0 aromatic heterocycles. The molecule has 9 heteroatoms. The number of benzene rings is 1. The Kier molecular flexibility index (Phi) is 9.13. The first-order valence-corrected chi connectivity index (χ1v) is 8.66. The van der Waals surface area contributed by atoms with Gasteiger partial charge in [-0.3, -0.25) is 9.89 Å². The smallest absolute Gasteiger partial charge is 0.403 e. The van der Waals surface area contributed by atoms with Crippen molar-refractivity contribution in [2.45, 2.75) is 32.6 Å². The van der Waals surface area contributed by atoms with E-state index in [1.807, 2.05) is 30.0 Å². The lowest BCUT2D eigenvalue weighted by molar-refractivity contribution is -0.181. The number of ether oxygens (including phenoxy) is 1. The third-order valence-electron chi connectivity index (χ3n) is 4.76. The molecule has 0 saturated carbocycles. The van der Waals surface area contributed by atoms with Crippen molar-refractivity contribution in [1.82, 2.24) is 15.1 Å². The molecular weight excluding hydrogens is 472 g/mol. The lowest BCUT2D eigenvalue weighted by atomic mass is 10.1. The summed E-state index contributed by atoms with van der Waals surface area (Å²) in [5, 5.41) is 3.29. The number of methoxy groups -OCH3 is 1. The van der Waals surface area contributed by atoms with Crippen LogP contribution in [0.5, 0.6) is 5.75 Å². The van der Waals surface area contributed by atoms with E-state index in [-0.39, 0.29) is 24.0 Å². The number of guanidine groups is 1. The largest absolute Gasteiger partial charge is 0.496 e. The first kappa shape index (κ1) is 23.8. The van der Waals surface area contributed by atoms with Crippen LogP contribution in [-0.4, -0.2) is 68.3 Å². The Morgan fingerprint density at radius 3 is 2.37 bits per heavy atom. The van der Waals surface area contributed by atoms with Gasteiger partial charge >= 0.3 is 6.18 Å².